The second-order valence-electron chi connectivity index (χ2n) is 2.21. The molecule has 54 valence electrons. The molecule has 4 heteroatoms. The van der Waals surface area contributed by atoms with Crippen LogP contribution in [0.1, 0.15) is 13.8 Å². The van der Waals surface area contributed by atoms with Gasteiger partial charge in [0.1, 0.15) is 6.10 Å². The van der Waals surface area contributed by atoms with Gasteiger partial charge in [-0.1, -0.05) is 19.0 Å². The summed E-state index contributed by atoms with van der Waals surface area (Å²) in [7, 11) is 0. The monoisotopic (exact) mass is 132 g/mol. The van der Waals surface area contributed by atoms with E-state index in [-0.39, 0.29) is 11.8 Å². The van der Waals surface area contributed by atoms with Crippen molar-refractivity contribution in [3.8, 4) is 0 Å². The van der Waals surface area contributed by atoms with Crippen LogP contribution in [0.5, 0.6) is 0 Å². The van der Waals surface area contributed by atoms with Crippen molar-refractivity contribution >= 4 is 5.84 Å². The van der Waals surface area contributed by atoms with Gasteiger partial charge in [-0.05, 0) is 5.92 Å². The van der Waals surface area contributed by atoms with Crippen molar-refractivity contribution in [1.29, 1.82) is 0 Å². The minimum Gasteiger partial charge on any atom is -0.409 e. The Morgan fingerprint density at radius 1 is 1.56 bits per heavy atom. The molecule has 0 aliphatic rings. The summed E-state index contributed by atoms with van der Waals surface area (Å²) in [5.74, 6) is -0.147. The van der Waals surface area contributed by atoms with Gasteiger partial charge < -0.3 is 16.0 Å². The molecule has 0 heterocycles. The summed E-state index contributed by atoms with van der Waals surface area (Å²) in [5, 5.41) is 19.7. The van der Waals surface area contributed by atoms with Gasteiger partial charge in [0.05, 0.1) is 0 Å². The van der Waals surface area contributed by atoms with Crippen LogP contribution in [-0.2, 0) is 0 Å². The molecule has 0 bridgehead atoms. The topological polar surface area (TPSA) is 78.8 Å². The van der Waals surface area contributed by atoms with Gasteiger partial charge in [0.2, 0.25) is 0 Å². The molecule has 0 rings (SSSR count). The molecule has 0 radical (unpaired) electrons. The normalized spacial score (nSPS) is 16.2. The van der Waals surface area contributed by atoms with Crippen molar-refractivity contribution in [3.05, 3.63) is 0 Å². The van der Waals surface area contributed by atoms with Crippen LogP contribution in [0, 0.1) is 5.92 Å². The summed E-state index contributed by atoms with van der Waals surface area (Å²) in [5.41, 5.74) is 5.07. The number of nitrogens with two attached hydrogens (primary N) is 1. The lowest BCUT2D eigenvalue weighted by atomic mass is 10.1. The van der Waals surface area contributed by atoms with Gasteiger partial charge in [-0.2, -0.15) is 0 Å². The highest BCUT2D eigenvalue weighted by Gasteiger charge is 2.12. The molecule has 0 aromatic rings. The second kappa shape index (κ2) is 3.29. The average molecular weight is 132 g/mol. The Balaban J connectivity index is 3.88. The Hall–Kier alpha value is -0.770. The number of hydrogen-bond acceptors (Lipinski definition) is 3. The standard InChI is InChI=1S/C5H12N2O2/c1-3(2)4(8)5(6)7-9/h3-4,8-9H,1-2H3,(H2,6,7). The van der Waals surface area contributed by atoms with E-state index in [1.807, 2.05) is 0 Å². The highest BCUT2D eigenvalue weighted by Crippen LogP contribution is 1.99. The summed E-state index contributed by atoms with van der Waals surface area (Å²) in [6, 6.07) is 0. The fourth-order valence-corrected chi connectivity index (χ4v) is 0.401. The maximum Gasteiger partial charge on any atom is 0.168 e. The molecule has 0 aliphatic heterocycles. The van der Waals surface area contributed by atoms with E-state index in [9.17, 15) is 0 Å². The Morgan fingerprint density at radius 3 is 2.11 bits per heavy atom. The molecular formula is C5H12N2O2. The van der Waals surface area contributed by atoms with Crippen molar-refractivity contribution in [3.63, 3.8) is 0 Å². The fourth-order valence-electron chi connectivity index (χ4n) is 0.401. The van der Waals surface area contributed by atoms with Gasteiger partial charge in [0.15, 0.2) is 5.84 Å². The SMILES string of the molecule is CC(C)C(O)/C(N)=N\O. The molecule has 0 aliphatic carbocycles. The highest BCUT2D eigenvalue weighted by molar-refractivity contribution is 5.84. The molecule has 4 nitrogen and oxygen atoms in total. The molecule has 4 N–H and O–H groups in total. The van der Waals surface area contributed by atoms with Crippen LogP contribution < -0.4 is 5.73 Å². The summed E-state index contributed by atoms with van der Waals surface area (Å²) < 4.78 is 0. The van der Waals surface area contributed by atoms with Crippen molar-refractivity contribution in [1.82, 2.24) is 0 Å². The van der Waals surface area contributed by atoms with Crippen molar-refractivity contribution in [2.24, 2.45) is 16.8 Å². The highest BCUT2D eigenvalue weighted by atomic mass is 16.4. The van der Waals surface area contributed by atoms with Crippen LogP contribution >= 0.6 is 0 Å². The second-order valence-corrected chi connectivity index (χ2v) is 2.21. The first-order chi connectivity index (χ1) is 4.09. The molecule has 0 aromatic heterocycles. The van der Waals surface area contributed by atoms with Crippen LogP contribution in [-0.4, -0.2) is 22.3 Å². The Kier molecular flexibility index (Phi) is 3.01. The van der Waals surface area contributed by atoms with Gasteiger partial charge in [-0.25, -0.2) is 0 Å². The van der Waals surface area contributed by atoms with Crippen molar-refractivity contribution in [2.45, 2.75) is 20.0 Å². The smallest absolute Gasteiger partial charge is 0.168 e. The molecule has 0 spiro atoms. The average Bonchev–Trinajstić information content (AvgIpc) is 1.84. The van der Waals surface area contributed by atoms with Gasteiger partial charge in [-0.15, -0.1) is 0 Å². The van der Waals surface area contributed by atoms with Gasteiger partial charge in [0, 0.05) is 0 Å². The zero-order valence-corrected chi connectivity index (χ0v) is 5.57. The fraction of sp³-hybridized carbons (Fsp3) is 0.800. The van der Waals surface area contributed by atoms with E-state index in [0.717, 1.165) is 0 Å². The van der Waals surface area contributed by atoms with Crippen LogP contribution in [0.4, 0.5) is 0 Å². The predicted molar refractivity (Wildman–Crippen MR) is 34.3 cm³/mol. The third-order valence-electron chi connectivity index (χ3n) is 1.05. The Labute approximate surface area is 54.0 Å². The summed E-state index contributed by atoms with van der Waals surface area (Å²) >= 11 is 0. The minimum atomic E-state index is -0.838. The molecule has 1 unspecified atom stereocenters. The number of amidine groups is 1. The number of aliphatic hydroxyl groups excluding tert-OH is 1. The minimum absolute atomic E-state index is 0.0131. The first kappa shape index (κ1) is 8.23. The summed E-state index contributed by atoms with van der Waals surface area (Å²) in [6.07, 6.45) is -0.838. The van der Waals surface area contributed by atoms with Gasteiger partial charge in [-0.3, -0.25) is 0 Å². The molecule has 0 saturated carbocycles. The van der Waals surface area contributed by atoms with E-state index in [1.165, 1.54) is 0 Å². The molecule has 0 saturated heterocycles. The molecule has 9 heavy (non-hydrogen) atoms. The molecule has 0 aromatic carbocycles. The first-order valence-corrected chi connectivity index (χ1v) is 2.75. The van der Waals surface area contributed by atoms with Crippen LogP contribution in [0.3, 0.4) is 0 Å². The Bertz CT molecular complexity index is 112. The number of rotatable bonds is 2. The van der Waals surface area contributed by atoms with Gasteiger partial charge >= 0.3 is 0 Å². The maximum atomic E-state index is 8.98. The molecule has 0 fully saturated rings. The summed E-state index contributed by atoms with van der Waals surface area (Å²) in [6.45, 7) is 3.56. The lowest BCUT2D eigenvalue weighted by Gasteiger charge is -2.10. The number of nitrogens with zero attached hydrogens (tertiary/aromatic N) is 1. The summed E-state index contributed by atoms with van der Waals surface area (Å²) in [4.78, 5) is 0. The van der Waals surface area contributed by atoms with E-state index in [4.69, 9.17) is 16.0 Å². The predicted octanol–water partition coefficient (Wildman–Crippen LogP) is -0.250. The quantitative estimate of drug-likeness (QED) is 0.210. The maximum absolute atomic E-state index is 8.98. The van der Waals surface area contributed by atoms with Crippen LogP contribution in [0.2, 0.25) is 0 Å². The number of oxime groups is 1. The number of aliphatic hydroxyl groups is 1. The van der Waals surface area contributed by atoms with E-state index in [0.29, 0.717) is 0 Å². The number of hydrogen-bond donors (Lipinski definition) is 3. The Morgan fingerprint density at radius 2 is 2.00 bits per heavy atom. The van der Waals surface area contributed by atoms with Crippen LogP contribution in [0.15, 0.2) is 5.16 Å². The third kappa shape index (κ3) is 2.32. The van der Waals surface area contributed by atoms with E-state index in [1.54, 1.807) is 13.8 Å². The van der Waals surface area contributed by atoms with E-state index >= 15 is 0 Å². The lowest BCUT2D eigenvalue weighted by molar-refractivity contribution is 0.181. The lowest BCUT2D eigenvalue weighted by Crippen LogP contribution is -2.32. The van der Waals surface area contributed by atoms with Crippen molar-refractivity contribution < 1.29 is 10.3 Å². The first-order valence-electron chi connectivity index (χ1n) is 2.75. The molecule has 0 amide bonds. The largest absolute Gasteiger partial charge is 0.409 e. The van der Waals surface area contributed by atoms with E-state index in [2.05, 4.69) is 5.16 Å². The third-order valence-corrected chi connectivity index (χ3v) is 1.05. The molecular weight excluding hydrogens is 120 g/mol. The van der Waals surface area contributed by atoms with E-state index < -0.39 is 6.10 Å². The zero-order chi connectivity index (χ0) is 7.44. The zero-order valence-electron chi connectivity index (χ0n) is 5.57. The van der Waals surface area contributed by atoms with Gasteiger partial charge in [0.25, 0.3) is 0 Å². The van der Waals surface area contributed by atoms with Crippen molar-refractivity contribution in [2.75, 3.05) is 0 Å². The molecule has 1 atom stereocenters. The van der Waals surface area contributed by atoms with Crippen LogP contribution in [0.25, 0.3) is 0 Å².